The first-order valence-corrected chi connectivity index (χ1v) is 5.16. The Morgan fingerprint density at radius 1 is 1.50 bits per heavy atom. The fraction of sp³-hybridized carbons (Fsp3) is 0.455. The van der Waals surface area contributed by atoms with Crippen LogP contribution in [-0.2, 0) is 4.65 Å². The van der Waals surface area contributed by atoms with Gasteiger partial charge < -0.3 is 9.68 Å². The van der Waals surface area contributed by atoms with Crippen LogP contribution in [0.4, 0.5) is 0 Å². The van der Waals surface area contributed by atoms with Gasteiger partial charge in [-0.2, -0.15) is 0 Å². The van der Waals surface area contributed by atoms with E-state index in [0.717, 1.165) is 17.4 Å². The summed E-state index contributed by atoms with van der Waals surface area (Å²) in [6, 6.07) is 7.91. The van der Waals surface area contributed by atoms with Gasteiger partial charge in [0.05, 0.1) is 6.10 Å². The van der Waals surface area contributed by atoms with Crippen LogP contribution in [0.1, 0.15) is 31.9 Å². The van der Waals surface area contributed by atoms with Crippen LogP contribution in [0.25, 0.3) is 0 Å². The summed E-state index contributed by atoms with van der Waals surface area (Å²) < 4.78 is 5.54. The molecule has 0 spiro atoms. The summed E-state index contributed by atoms with van der Waals surface area (Å²) in [4.78, 5) is 0. The predicted molar refractivity (Wildman–Crippen MR) is 57.3 cm³/mol. The van der Waals surface area contributed by atoms with Crippen LogP contribution in [0.3, 0.4) is 0 Å². The molecule has 2 atom stereocenters. The first-order chi connectivity index (χ1) is 6.74. The highest BCUT2D eigenvalue weighted by molar-refractivity contribution is 6.61. The van der Waals surface area contributed by atoms with E-state index < -0.39 is 7.12 Å². The van der Waals surface area contributed by atoms with E-state index in [9.17, 15) is 5.02 Å². The minimum atomic E-state index is -0.731. The average molecular weight is 190 g/mol. The molecule has 2 nitrogen and oxygen atoms in total. The normalized spacial score (nSPS) is 22.2. The van der Waals surface area contributed by atoms with E-state index >= 15 is 0 Å². The van der Waals surface area contributed by atoms with Crippen LogP contribution in [-0.4, -0.2) is 12.1 Å². The maximum atomic E-state index is 9.67. The lowest BCUT2D eigenvalue weighted by atomic mass is 9.79. The number of fused-ring (bicyclic) bond motifs is 1. The van der Waals surface area contributed by atoms with Crippen molar-refractivity contribution in [1.82, 2.24) is 0 Å². The van der Waals surface area contributed by atoms with Crippen molar-refractivity contribution in [3.63, 3.8) is 0 Å². The van der Waals surface area contributed by atoms with E-state index in [1.54, 1.807) is 0 Å². The summed E-state index contributed by atoms with van der Waals surface area (Å²) in [5, 5.41) is 9.67. The minimum Gasteiger partial charge on any atom is -0.423 e. The largest absolute Gasteiger partial charge is 0.491 e. The molecule has 2 rings (SSSR count). The molecule has 1 aromatic rings. The van der Waals surface area contributed by atoms with Crippen LogP contribution >= 0.6 is 0 Å². The van der Waals surface area contributed by atoms with Crippen LogP contribution in [0.15, 0.2) is 24.3 Å². The topological polar surface area (TPSA) is 29.5 Å². The Labute approximate surface area is 85.1 Å². The Hall–Kier alpha value is -0.795. The third-order valence-corrected chi connectivity index (χ3v) is 3.00. The van der Waals surface area contributed by atoms with Crippen molar-refractivity contribution in [3.05, 3.63) is 29.8 Å². The van der Waals surface area contributed by atoms with Gasteiger partial charge in [-0.15, -0.1) is 0 Å². The first-order valence-electron chi connectivity index (χ1n) is 5.16. The van der Waals surface area contributed by atoms with Gasteiger partial charge in [0.1, 0.15) is 0 Å². The van der Waals surface area contributed by atoms with Crippen molar-refractivity contribution in [2.45, 2.75) is 26.4 Å². The molecule has 1 heterocycles. The Kier molecular flexibility index (Phi) is 2.61. The lowest BCUT2D eigenvalue weighted by Crippen LogP contribution is -2.27. The predicted octanol–water partition coefficient (Wildman–Crippen LogP) is 1.49. The van der Waals surface area contributed by atoms with E-state index in [4.69, 9.17) is 4.65 Å². The molecule has 0 fully saturated rings. The number of hydrogen-bond donors (Lipinski definition) is 1. The average Bonchev–Trinajstić information content (AvgIpc) is 2.56. The van der Waals surface area contributed by atoms with Gasteiger partial charge >= 0.3 is 7.12 Å². The van der Waals surface area contributed by atoms with Crippen molar-refractivity contribution in [1.29, 1.82) is 0 Å². The molecule has 0 aromatic heterocycles. The molecule has 0 amide bonds. The lowest BCUT2D eigenvalue weighted by molar-refractivity contribution is 0.132. The van der Waals surface area contributed by atoms with Crippen LogP contribution in [0.2, 0.25) is 0 Å². The minimum absolute atomic E-state index is 0.0613. The summed E-state index contributed by atoms with van der Waals surface area (Å²) in [7, 11) is -0.731. The molecule has 14 heavy (non-hydrogen) atoms. The van der Waals surface area contributed by atoms with Gasteiger partial charge in [0, 0.05) is 0 Å². The maximum absolute atomic E-state index is 9.67. The fourth-order valence-corrected chi connectivity index (χ4v) is 1.94. The highest BCUT2D eigenvalue weighted by Gasteiger charge is 2.36. The molecule has 0 radical (unpaired) electrons. The monoisotopic (exact) mass is 190 g/mol. The molecule has 0 aliphatic carbocycles. The van der Waals surface area contributed by atoms with Crippen molar-refractivity contribution in [3.8, 4) is 0 Å². The summed E-state index contributed by atoms with van der Waals surface area (Å²) in [6.07, 6.45) is 1.12. The van der Waals surface area contributed by atoms with E-state index in [1.165, 1.54) is 0 Å². The standard InChI is InChI=1S/C11H15BO2/c1-3-8(2)11-9-6-4-5-7-10(9)12(13)14-11/h4-8,11,13H,3H2,1-2H3. The molecule has 1 N–H and O–H groups in total. The van der Waals surface area contributed by atoms with Gasteiger partial charge in [0.25, 0.3) is 0 Å². The number of hydrogen-bond acceptors (Lipinski definition) is 2. The highest BCUT2D eigenvalue weighted by atomic mass is 16.5. The summed E-state index contributed by atoms with van der Waals surface area (Å²) >= 11 is 0. The van der Waals surface area contributed by atoms with E-state index in [0.29, 0.717) is 5.92 Å². The van der Waals surface area contributed by atoms with Gasteiger partial charge in [-0.25, -0.2) is 0 Å². The second kappa shape index (κ2) is 3.75. The number of rotatable bonds is 2. The van der Waals surface area contributed by atoms with Gasteiger partial charge in [-0.1, -0.05) is 44.5 Å². The molecule has 3 heteroatoms. The first kappa shape index (κ1) is 9.75. The molecular weight excluding hydrogens is 175 g/mol. The molecule has 2 unspecified atom stereocenters. The highest BCUT2D eigenvalue weighted by Crippen LogP contribution is 2.31. The van der Waals surface area contributed by atoms with Crippen molar-refractivity contribution in [2.24, 2.45) is 5.92 Å². The molecule has 1 aliphatic heterocycles. The molecule has 0 saturated heterocycles. The molecule has 0 bridgehead atoms. The molecule has 1 aromatic carbocycles. The van der Waals surface area contributed by atoms with Gasteiger partial charge in [0.2, 0.25) is 0 Å². The zero-order valence-electron chi connectivity index (χ0n) is 8.60. The third-order valence-electron chi connectivity index (χ3n) is 3.00. The van der Waals surface area contributed by atoms with Crippen molar-refractivity contribution < 1.29 is 9.68 Å². The zero-order chi connectivity index (χ0) is 10.1. The second-order valence-electron chi connectivity index (χ2n) is 3.92. The Morgan fingerprint density at radius 3 is 2.93 bits per heavy atom. The van der Waals surface area contributed by atoms with Crippen molar-refractivity contribution in [2.75, 3.05) is 0 Å². The van der Waals surface area contributed by atoms with E-state index in [2.05, 4.69) is 13.8 Å². The fourth-order valence-electron chi connectivity index (χ4n) is 1.94. The van der Waals surface area contributed by atoms with Crippen LogP contribution in [0, 0.1) is 5.92 Å². The Morgan fingerprint density at radius 2 is 2.21 bits per heavy atom. The molecular formula is C11H15BO2. The Balaban J connectivity index is 2.34. The summed E-state index contributed by atoms with van der Waals surface area (Å²) in [6.45, 7) is 4.29. The van der Waals surface area contributed by atoms with Crippen LogP contribution < -0.4 is 5.46 Å². The summed E-state index contributed by atoms with van der Waals surface area (Å²) in [5.41, 5.74) is 2.08. The lowest BCUT2D eigenvalue weighted by Gasteiger charge is -2.18. The number of benzene rings is 1. The quantitative estimate of drug-likeness (QED) is 0.716. The molecule has 74 valence electrons. The van der Waals surface area contributed by atoms with E-state index in [-0.39, 0.29) is 6.10 Å². The van der Waals surface area contributed by atoms with Gasteiger partial charge in [-0.05, 0) is 16.9 Å². The zero-order valence-corrected chi connectivity index (χ0v) is 8.60. The smallest absolute Gasteiger partial charge is 0.423 e. The van der Waals surface area contributed by atoms with Gasteiger partial charge in [-0.3, -0.25) is 0 Å². The molecule has 1 aliphatic rings. The third kappa shape index (κ3) is 1.47. The Bertz CT molecular complexity index is 327. The second-order valence-corrected chi connectivity index (χ2v) is 3.92. The molecule has 0 saturated carbocycles. The summed E-state index contributed by atoms with van der Waals surface area (Å²) in [5.74, 6) is 0.452. The van der Waals surface area contributed by atoms with Gasteiger partial charge in [0.15, 0.2) is 0 Å². The SMILES string of the molecule is CCC(C)C1OB(O)c2ccccc21. The maximum Gasteiger partial charge on any atom is 0.491 e. The van der Waals surface area contributed by atoms with Crippen LogP contribution in [0.5, 0.6) is 0 Å². The van der Waals surface area contributed by atoms with Crippen molar-refractivity contribution >= 4 is 12.6 Å². The van der Waals surface area contributed by atoms with E-state index in [1.807, 2.05) is 24.3 Å².